The average molecular weight is 331 g/mol. The molecular formula is C15H15ClN6O. The second-order valence-electron chi connectivity index (χ2n) is 5.05. The number of pyridine rings is 1. The van der Waals surface area contributed by atoms with Gasteiger partial charge in [0.2, 0.25) is 0 Å². The summed E-state index contributed by atoms with van der Waals surface area (Å²) in [5, 5.41) is 3.16. The fraction of sp³-hybridized carbons (Fsp3) is 0.267. The van der Waals surface area contributed by atoms with Gasteiger partial charge in [0.15, 0.2) is 0 Å². The first-order valence-corrected chi connectivity index (χ1v) is 7.55. The Morgan fingerprint density at radius 3 is 2.78 bits per heavy atom. The van der Waals surface area contributed by atoms with Gasteiger partial charge in [-0.05, 0) is 19.9 Å². The fourth-order valence-electron chi connectivity index (χ4n) is 2.23. The molecule has 0 aliphatic rings. The largest absolute Gasteiger partial charge is 0.343 e. The molecule has 3 rings (SSSR count). The lowest BCUT2D eigenvalue weighted by atomic mass is 10.2. The summed E-state index contributed by atoms with van der Waals surface area (Å²) in [5.41, 5.74) is 2.61. The number of carbonyl (C=O) groups excluding carboxylic acids is 1. The molecule has 0 spiro atoms. The number of hydrogen-bond donors (Lipinski definition) is 1. The lowest BCUT2D eigenvalue weighted by molar-refractivity contribution is 0.0934. The molecule has 1 unspecified atom stereocenters. The smallest absolute Gasteiger partial charge is 0.270 e. The van der Waals surface area contributed by atoms with Gasteiger partial charge < -0.3 is 9.88 Å². The molecule has 0 aromatic carbocycles. The van der Waals surface area contributed by atoms with E-state index in [4.69, 9.17) is 11.6 Å². The number of hydrogen-bond acceptors (Lipinski definition) is 5. The zero-order valence-electron chi connectivity index (χ0n) is 12.7. The normalized spacial score (nSPS) is 12.3. The van der Waals surface area contributed by atoms with Crippen LogP contribution in [0.2, 0.25) is 5.15 Å². The van der Waals surface area contributed by atoms with Crippen molar-refractivity contribution in [2.24, 2.45) is 0 Å². The van der Waals surface area contributed by atoms with Gasteiger partial charge in [0.1, 0.15) is 16.4 Å². The quantitative estimate of drug-likeness (QED) is 0.793. The van der Waals surface area contributed by atoms with Crippen molar-refractivity contribution in [1.82, 2.24) is 29.8 Å². The fourth-order valence-corrected chi connectivity index (χ4v) is 2.33. The molecule has 8 heteroatoms. The van der Waals surface area contributed by atoms with Gasteiger partial charge in [-0.3, -0.25) is 9.78 Å². The standard InChI is InChI=1S/C15H15ClN6O/c1-3-22-8-20-12-6-17-10(4-13(12)22)15(23)21-9(2)11-5-19-14(16)7-18-11/h4-9H,3H2,1-2H3,(H,21,23). The third-order valence-corrected chi connectivity index (χ3v) is 3.71. The molecule has 1 atom stereocenters. The molecule has 23 heavy (non-hydrogen) atoms. The zero-order valence-corrected chi connectivity index (χ0v) is 13.4. The first-order chi connectivity index (χ1) is 11.1. The van der Waals surface area contributed by atoms with Crippen molar-refractivity contribution in [3.05, 3.63) is 47.5 Å². The van der Waals surface area contributed by atoms with E-state index < -0.39 is 0 Å². The maximum atomic E-state index is 12.4. The van der Waals surface area contributed by atoms with Gasteiger partial charge in [-0.2, -0.15) is 0 Å². The Bertz CT molecular complexity index is 845. The molecule has 1 N–H and O–H groups in total. The minimum atomic E-state index is -0.305. The van der Waals surface area contributed by atoms with Crippen molar-refractivity contribution in [1.29, 1.82) is 0 Å². The molecule has 7 nitrogen and oxygen atoms in total. The predicted molar refractivity (Wildman–Crippen MR) is 86.1 cm³/mol. The van der Waals surface area contributed by atoms with Crippen LogP contribution in [0, 0.1) is 0 Å². The number of nitrogens with zero attached hydrogens (tertiary/aromatic N) is 5. The molecule has 0 aliphatic carbocycles. The summed E-state index contributed by atoms with van der Waals surface area (Å²) in [5.74, 6) is -0.278. The van der Waals surface area contributed by atoms with E-state index in [1.165, 1.54) is 12.4 Å². The van der Waals surface area contributed by atoms with Crippen molar-refractivity contribution in [2.75, 3.05) is 0 Å². The van der Waals surface area contributed by atoms with E-state index in [0.717, 1.165) is 17.6 Å². The maximum absolute atomic E-state index is 12.4. The summed E-state index contributed by atoms with van der Waals surface area (Å²) >= 11 is 5.71. The van der Waals surface area contributed by atoms with Crippen LogP contribution in [0.3, 0.4) is 0 Å². The number of nitrogens with one attached hydrogen (secondary N) is 1. The number of carbonyl (C=O) groups is 1. The van der Waals surface area contributed by atoms with Crippen molar-refractivity contribution < 1.29 is 4.79 Å². The molecule has 0 saturated heterocycles. The highest BCUT2D eigenvalue weighted by molar-refractivity contribution is 6.29. The van der Waals surface area contributed by atoms with Crippen molar-refractivity contribution in [3.8, 4) is 0 Å². The lowest BCUT2D eigenvalue weighted by Crippen LogP contribution is -2.28. The van der Waals surface area contributed by atoms with Gasteiger partial charge in [0.05, 0.1) is 42.2 Å². The van der Waals surface area contributed by atoms with Crippen LogP contribution >= 0.6 is 11.6 Å². The molecule has 0 radical (unpaired) electrons. The van der Waals surface area contributed by atoms with Gasteiger partial charge >= 0.3 is 0 Å². The topological polar surface area (TPSA) is 85.6 Å². The van der Waals surface area contributed by atoms with E-state index >= 15 is 0 Å². The van der Waals surface area contributed by atoms with Gasteiger partial charge in [0.25, 0.3) is 5.91 Å². The monoisotopic (exact) mass is 330 g/mol. The van der Waals surface area contributed by atoms with Crippen LogP contribution in [0.1, 0.15) is 36.1 Å². The SMILES string of the molecule is CCn1cnc2cnc(C(=O)NC(C)c3cnc(Cl)cn3)cc21. The summed E-state index contributed by atoms with van der Waals surface area (Å²) in [4.78, 5) is 28.9. The van der Waals surface area contributed by atoms with E-state index in [0.29, 0.717) is 16.5 Å². The highest BCUT2D eigenvalue weighted by Gasteiger charge is 2.15. The number of rotatable bonds is 4. The van der Waals surface area contributed by atoms with E-state index in [1.807, 2.05) is 18.4 Å². The second-order valence-corrected chi connectivity index (χ2v) is 5.44. The number of halogens is 1. The summed E-state index contributed by atoms with van der Waals surface area (Å²) in [6.45, 7) is 4.62. The van der Waals surface area contributed by atoms with Crippen LogP contribution in [-0.4, -0.2) is 30.4 Å². The summed E-state index contributed by atoms with van der Waals surface area (Å²) in [6.07, 6.45) is 6.32. The Labute approximate surface area is 137 Å². The molecule has 118 valence electrons. The number of aryl methyl sites for hydroxylation is 1. The highest BCUT2D eigenvalue weighted by atomic mass is 35.5. The van der Waals surface area contributed by atoms with E-state index in [9.17, 15) is 4.79 Å². The molecule has 3 aromatic heterocycles. The Morgan fingerprint density at radius 2 is 2.09 bits per heavy atom. The van der Waals surface area contributed by atoms with Crippen molar-refractivity contribution in [3.63, 3.8) is 0 Å². The van der Waals surface area contributed by atoms with Gasteiger partial charge in [-0.1, -0.05) is 11.6 Å². The van der Waals surface area contributed by atoms with E-state index in [-0.39, 0.29) is 11.9 Å². The van der Waals surface area contributed by atoms with Crippen LogP contribution in [-0.2, 0) is 6.54 Å². The van der Waals surface area contributed by atoms with Crippen LogP contribution in [0.25, 0.3) is 11.0 Å². The molecular weight excluding hydrogens is 316 g/mol. The second kappa shape index (κ2) is 6.29. The molecule has 3 heterocycles. The Balaban J connectivity index is 1.81. The van der Waals surface area contributed by atoms with Crippen LogP contribution in [0.15, 0.2) is 31.0 Å². The minimum Gasteiger partial charge on any atom is -0.343 e. The predicted octanol–water partition coefficient (Wildman–Crippen LogP) is 2.39. The number of imidazole rings is 1. The Kier molecular flexibility index (Phi) is 4.20. The highest BCUT2D eigenvalue weighted by Crippen LogP contribution is 2.15. The Hall–Kier alpha value is -2.54. The molecule has 0 bridgehead atoms. The average Bonchev–Trinajstić information content (AvgIpc) is 2.97. The lowest BCUT2D eigenvalue weighted by Gasteiger charge is -2.12. The summed E-state index contributed by atoms with van der Waals surface area (Å²) in [7, 11) is 0. The first-order valence-electron chi connectivity index (χ1n) is 7.17. The summed E-state index contributed by atoms with van der Waals surface area (Å²) < 4.78 is 1.96. The van der Waals surface area contributed by atoms with Crippen molar-refractivity contribution in [2.45, 2.75) is 26.4 Å². The van der Waals surface area contributed by atoms with E-state index in [1.54, 1.807) is 18.6 Å². The van der Waals surface area contributed by atoms with E-state index in [2.05, 4.69) is 25.3 Å². The Morgan fingerprint density at radius 1 is 1.26 bits per heavy atom. The third-order valence-electron chi connectivity index (χ3n) is 3.51. The number of amides is 1. The molecule has 3 aromatic rings. The molecule has 0 fully saturated rings. The maximum Gasteiger partial charge on any atom is 0.270 e. The van der Waals surface area contributed by atoms with Gasteiger partial charge in [-0.25, -0.2) is 15.0 Å². The third kappa shape index (κ3) is 3.14. The number of aromatic nitrogens is 5. The molecule has 1 amide bonds. The number of fused-ring (bicyclic) bond motifs is 1. The zero-order chi connectivity index (χ0) is 16.4. The van der Waals surface area contributed by atoms with Crippen LogP contribution < -0.4 is 5.32 Å². The van der Waals surface area contributed by atoms with Crippen molar-refractivity contribution >= 4 is 28.5 Å². The minimum absolute atomic E-state index is 0.278. The summed E-state index contributed by atoms with van der Waals surface area (Å²) in [6, 6.07) is 1.43. The first kappa shape index (κ1) is 15.4. The van der Waals surface area contributed by atoms with Gasteiger partial charge in [0, 0.05) is 6.54 Å². The molecule has 0 aliphatic heterocycles. The van der Waals surface area contributed by atoms with Crippen LogP contribution in [0.4, 0.5) is 0 Å². The van der Waals surface area contributed by atoms with Crippen LogP contribution in [0.5, 0.6) is 0 Å². The molecule has 0 saturated carbocycles. The van der Waals surface area contributed by atoms with Gasteiger partial charge in [-0.15, -0.1) is 0 Å².